The maximum absolute atomic E-state index is 2.40. The number of benzene rings is 9. The fraction of sp³-hybridized carbons (Fsp3) is 0. The molecule has 2 heterocycles. The van der Waals surface area contributed by atoms with E-state index < -0.39 is 0 Å². The average Bonchev–Trinajstić information content (AvgIpc) is 3.66. The third kappa shape index (κ3) is 5.74. The van der Waals surface area contributed by atoms with E-state index in [-0.39, 0.29) is 0 Å². The average molecular weight is 739 g/mol. The summed E-state index contributed by atoms with van der Waals surface area (Å²) in [6.45, 7) is 0. The normalized spacial score (nSPS) is 11.4. The number of nitrogens with zero attached hydrogens (tertiary/aromatic N) is 2. The quantitative estimate of drug-likeness (QED) is 0.148. The van der Waals surface area contributed by atoms with Crippen molar-refractivity contribution < 1.29 is 0 Å². The first-order valence-electron chi connectivity index (χ1n) is 19.9. The van der Waals surface area contributed by atoms with Crippen LogP contribution in [0.3, 0.4) is 0 Å². The van der Waals surface area contributed by atoms with E-state index in [0.29, 0.717) is 0 Å². The first-order chi connectivity index (χ1) is 28.8. The fourth-order valence-electron chi connectivity index (χ4n) is 8.84. The first kappa shape index (κ1) is 33.6. The number of hydrogen-bond donors (Lipinski definition) is 0. The first-order valence-corrected chi connectivity index (χ1v) is 19.9. The zero-order valence-corrected chi connectivity index (χ0v) is 31.8. The third-order valence-electron chi connectivity index (χ3n) is 11.6. The maximum atomic E-state index is 2.40. The number of pyridine rings is 1. The van der Waals surface area contributed by atoms with Gasteiger partial charge in [-0.3, -0.25) is 0 Å². The Bertz CT molecular complexity index is 3140. The molecule has 9 aromatic carbocycles. The van der Waals surface area contributed by atoms with Gasteiger partial charge in [0.25, 0.3) is 0 Å². The molecule has 11 aromatic rings. The van der Waals surface area contributed by atoms with Gasteiger partial charge >= 0.3 is 0 Å². The lowest BCUT2D eigenvalue weighted by Crippen LogP contribution is -2.09. The second-order valence-corrected chi connectivity index (χ2v) is 14.9. The van der Waals surface area contributed by atoms with Gasteiger partial charge < -0.3 is 9.30 Å². The van der Waals surface area contributed by atoms with E-state index >= 15 is 0 Å². The van der Waals surface area contributed by atoms with Gasteiger partial charge in [0.15, 0.2) is 0 Å². The minimum Gasteiger partial charge on any atom is -0.315 e. The molecule has 0 aliphatic carbocycles. The molecule has 0 bridgehead atoms. The second-order valence-electron chi connectivity index (χ2n) is 14.9. The Morgan fingerprint density at radius 1 is 0.293 bits per heavy atom. The molecule has 0 spiro atoms. The lowest BCUT2D eigenvalue weighted by atomic mass is 9.92. The van der Waals surface area contributed by atoms with Gasteiger partial charge in [-0.25, -0.2) is 0 Å². The van der Waals surface area contributed by atoms with Crippen LogP contribution in [0.2, 0.25) is 0 Å². The number of aromatic nitrogens is 1. The summed E-state index contributed by atoms with van der Waals surface area (Å²) in [5.74, 6) is 0. The summed E-state index contributed by atoms with van der Waals surface area (Å²) >= 11 is 0. The van der Waals surface area contributed by atoms with Gasteiger partial charge in [-0.1, -0.05) is 170 Å². The van der Waals surface area contributed by atoms with Crippen molar-refractivity contribution in [3.63, 3.8) is 0 Å². The van der Waals surface area contributed by atoms with Crippen molar-refractivity contribution in [2.24, 2.45) is 0 Å². The van der Waals surface area contributed by atoms with Crippen molar-refractivity contribution in [3.05, 3.63) is 231 Å². The Kier molecular flexibility index (Phi) is 8.19. The highest BCUT2D eigenvalue weighted by atomic mass is 15.1. The maximum Gasteiger partial charge on any atom is 0.0620 e. The predicted octanol–water partition coefficient (Wildman–Crippen LogP) is 15.5. The Labute approximate surface area is 338 Å². The molecule has 2 aromatic heterocycles. The predicted molar refractivity (Wildman–Crippen MR) is 246 cm³/mol. The molecule has 272 valence electrons. The Hall–Kier alpha value is -7.68. The van der Waals surface area contributed by atoms with Crippen molar-refractivity contribution in [1.82, 2.24) is 4.40 Å². The molecule has 58 heavy (non-hydrogen) atoms. The van der Waals surface area contributed by atoms with Crippen LogP contribution in [0.5, 0.6) is 0 Å². The standard InChI is InChI=1S/C56H38N2/c1-4-14-39(15-5-1)41-23-30-46(31-24-41)58(47-32-25-42(26-33-47)40-16-6-2-7-17-40)48-34-27-43(28-35-48)45-29-36-50-49-20-10-11-21-51(49)55-54(44-18-8-3-9-19-44)53-22-12-13-37-57(53)56(55)52(50)38-45/h1-38H. The molecule has 0 aliphatic heterocycles. The zero-order valence-electron chi connectivity index (χ0n) is 31.8. The van der Waals surface area contributed by atoms with Gasteiger partial charge in [0.2, 0.25) is 0 Å². The zero-order chi connectivity index (χ0) is 38.4. The van der Waals surface area contributed by atoms with Crippen LogP contribution in [0.4, 0.5) is 17.1 Å². The molecule has 2 nitrogen and oxygen atoms in total. The molecule has 0 fully saturated rings. The van der Waals surface area contributed by atoms with Gasteiger partial charge in [-0.05, 0) is 110 Å². The molecule has 0 saturated heterocycles. The summed E-state index contributed by atoms with van der Waals surface area (Å²) in [4.78, 5) is 2.35. The van der Waals surface area contributed by atoms with Crippen LogP contribution in [0.15, 0.2) is 231 Å². The Morgan fingerprint density at radius 3 is 1.26 bits per heavy atom. The van der Waals surface area contributed by atoms with Crippen LogP contribution >= 0.6 is 0 Å². The number of rotatable bonds is 7. The fourth-order valence-corrected chi connectivity index (χ4v) is 8.84. The largest absolute Gasteiger partial charge is 0.315 e. The van der Waals surface area contributed by atoms with Gasteiger partial charge in [-0.2, -0.15) is 0 Å². The van der Waals surface area contributed by atoms with E-state index in [9.17, 15) is 0 Å². The summed E-state index contributed by atoms with van der Waals surface area (Å²) in [6.07, 6.45) is 2.22. The third-order valence-corrected chi connectivity index (χ3v) is 11.6. The number of hydrogen-bond acceptors (Lipinski definition) is 1. The topological polar surface area (TPSA) is 7.65 Å². The van der Waals surface area contributed by atoms with Crippen molar-refractivity contribution in [2.45, 2.75) is 0 Å². The van der Waals surface area contributed by atoms with E-state index in [2.05, 4.69) is 240 Å². The molecule has 0 saturated carbocycles. The summed E-state index contributed by atoms with van der Waals surface area (Å²) < 4.78 is 2.39. The highest BCUT2D eigenvalue weighted by Gasteiger charge is 2.20. The minimum absolute atomic E-state index is 1.10. The van der Waals surface area contributed by atoms with Gasteiger partial charge in [0.1, 0.15) is 0 Å². The van der Waals surface area contributed by atoms with Crippen molar-refractivity contribution >= 4 is 55.0 Å². The highest BCUT2D eigenvalue weighted by molar-refractivity contribution is 6.30. The Morgan fingerprint density at radius 2 is 0.707 bits per heavy atom. The van der Waals surface area contributed by atoms with Gasteiger partial charge in [0.05, 0.1) is 11.0 Å². The van der Waals surface area contributed by atoms with Crippen LogP contribution < -0.4 is 4.90 Å². The van der Waals surface area contributed by atoms with Gasteiger partial charge in [-0.15, -0.1) is 0 Å². The van der Waals surface area contributed by atoms with Crippen molar-refractivity contribution in [2.75, 3.05) is 4.90 Å². The molecule has 2 heteroatoms. The molecule has 0 N–H and O–H groups in total. The summed E-state index contributed by atoms with van der Waals surface area (Å²) in [5, 5.41) is 6.35. The molecule has 0 unspecified atom stereocenters. The lowest BCUT2D eigenvalue weighted by Gasteiger charge is -2.26. The molecular formula is C56H38N2. The number of anilines is 3. The monoisotopic (exact) mass is 738 g/mol. The number of fused-ring (bicyclic) bond motifs is 8. The summed E-state index contributed by atoms with van der Waals surface area (Å²) in [6, 6.07) is 81.2. The molecule has 0 aliphatic rings. The Balaban J connectivity index is 1.04. The van der Waals surface area contributed by atoms with Crippen LogP contribution in [-0.2, 0) is 0 Å². The van der Waals surface area contributed by atoms with Crippen LogP contribution in [0.25, 0.3) is 82.5 Å². The minimum atomic E-state index is 1.10. The van der Waals surface area contributed by atoms with Crippen LogP contribution in [-0.4, -0.2) is 4.40 Å². The smallest absolute Gasteiger partial charge is 0.0620 e. The molecule has 0 atom stereocenters. The van der Waals surface area contributed by atoms with E-state index in [0.717, 1.165) is 17.1 Å². The van der Waals surface area contributed by atoms with E-state index in [1.807, 2.05) is 0 Å². The van der Waals surface area contributed by atoms with E-state index in [4.69, 9.17) is 0 Å². The van der Waals surface area contributed by atoms with E-state index in [1.165, 1.54) is 82.5 Å². The molecule has 0 radical (unpaired) electrons. The van der Waals surface area contributed by atoms with Gasteiger partial charge in [0, 0.05) is 39.6 Å². The highest BCUT2D eigenvalue weighted by Crippen LogP contribution is 2.45. The van der Waals surface area contributed by atoms with Crippen LogP contribution in [0.1, 0.15) is 0 Å². The van der Waals surface area contributed by atoms with E-state index in [1.54, 1.807) is 0 Å². The molecular weight excluding hydrogens is 701 g/mol. The van der Waals surface area contributed by atoms with Crippen molar-refractivity contribution in [1.29, 1.82) is 0 Å². The molecule has 11 rings (SSSR count). The van der Waals surface area contributed by atoms with Crippen LogP contribution in [0, 0.1) is 0 Å². The summed E-state index contributed by atoms with van der Waals surface area (Å²) in [7, 11) is 0. The summed E-state index contributed by atoms with van der Waals surface area (Å²) in [5.41, 5.74) is 15.5. The molecule has 0 amide bonds. The second kappa shape index (κ2) is 14.1. The lowest BCUT2D eigenvalue weighted by molar-refractivity contribution is 1.26. The SMILES string of the molecule is c1ccc(-c2ccc(N(c3ccc(-c4ccccc4)cc3)c3ccc(-c4ccc5c6ccccc6c6c(-c7ccccc7)c7ccccn7c6c5c4)cc3)cc2)cc1. The van der Waals surface area contributed by atoms with Crippen molar-refractivity contribution in [3.8, 4) is 44.5 Å².